The molecule has 0 fully saturated rings. The maximum Gasteiger partial charge on any atom is 0.283 e. The summed E-state index contributed by atoms with van der Waals surface area (Å²) in [4.78, 5) is 19.8. The van der Waals surface area contributed by atoms with Crippen LogP contribution >= 0.6 is 0 Å². The van der Waals surface area contributed by atoms with E-state index in [0.717, 1.165) is 42.2 Å². The predicted octanol–water partition coefficient (Wildman–Crippen LogP) is 3.07. The first kappa shape index (κ1) is 14.1. The van der Waals surface area contributed by atoms with Gasteiger partial charge in [-0.15, -0.1) is 0 Å². The number of hydrogen-bond donors (Lipinski definition) is 0. The van der Waals surface area contributed by atoms with Crippen molar-refractivity contribution >= 4 is 17.9 Å². The van der Waals surface area contributed by atoms with Crippen LogP contribution in [0.3, 0.4) is 0 Å². The van der Waals surface area contributed by atoms with Crippen molar-refractivity contribution in [3.63, 3.8) is 0 Å². The predicted molar refractivity (Wildman–Crippen MR) is 92.3 cm³/mol. The average molecular weight is 308 g/mol. The lowest BCUT2D eigenvalue weighted by molar-refractivity contribution is 0.521. The van der Waals surface area contributed by atoms with Gasteiger partial charge in [0.1, 0.15) is 5.56 Å². The largest absolute Gasteiger partial charge is 0.332 e. The Hall–Kier alpha value is -2.56. The highest BCUT2D eigenvalue weighted by Crippen LogP contribution is 2.32. The van der Waals surface area contributed by atoms with Crippen molar-refractivity contribution in [2.75, 3.05) is 6.54 Å². The summed E-state index contributed by atoms with van der Waals surface area (Å²) in [6.07, 6.45) is 8.62. The SMILES string of the molecule is Cn1c2c(c(=O)n1-c1ccccc1)/C1=C\CCCCCN1C=N2. The average Bonchev–Trinajstić information content (AvgIpc) is 2.80. The summed E-state index contributed by atoms with van der Waals surface area (Å²) >= 11 is 0. The molecule has 5 heteroatoms. The number of aliphatic imine (C=N–C) groups is 1. The van der Waals surface area contributed by atoms with Gasteiger partial charge in [0, 0.05) is 13.6 Å². The van der Waals surface area contributed by atoms with E-state index in [1.54, 1.807) is 4.68 Å². The Morgan fingerprint density at radius 1 is 1.09 bits per heavy atom. The highest BCUT2D eigenvalue weighted by Gasteiger charge is 2.27. The van der Waals surface area contributed by atoms with E-state index in [9.17, 15) is 4.79 Å². The van der Waals surface area contributed by atoms with Gasteiger partial charge in [0.05, 0.1) is 17.7 Å². The van der Waals surface area contributed by atoms with Crippen molar-refractivity contribution in [1.82, 2.24) is 14.3 Å². The van der Waals surface area contributed by atoms with Crippen LogP contribution in [-0.2, 0) is 7.05 Å². The topological polar surface area (TPSA) is 42.5 Å². The molecule has 0 amide bonds. The van der Waals surface area contributed by atoms with Gasteiger partial charge in [-0.05, 0) is 31.4 Å². The third kappa shape index (κ3) is 2.23. The van der Waals surface area contributed by atoms with Gasteiger partial charge in [-0.3, -0.25) is 9.48 Å². The van der Waals surface area contributed by atoms with Gasteiger partial charge in [-0.1, -0.05) is 30.7 Å². The molecule has 0 aliphatic carbocycles. The first-order chi connectivity index (χ1) is 11.3. The number of fused-ring (bicyclic) bond motifs is 3. The lowest BCUT2D eigenvalue weighted by atomic mass is 10.1. The maximum absolute atomic E-state index is 13.1. The van der Waals surface area contributed by atoms with Crippen molar-refractivity contribution in [3.8, 4) is 5.69 Å². The summed E-state index contributed by atoms with van der Waals surface area (Å²) in [5.74, 6) is 0.738. The van der Waals surface area contributed by atoms with Gasteiger partial charge in [0.2, 0.25) is 0 Å². The number of aromatic nitrogens is 2. The number of para-hydroxylation sites is 1. The van der Waals surface area contributed by atoms with Gasteiger partial charge in [-0.25, -0.2) is 9.67 Å². The molecule has 0 bridgehead atoms. The Morgan fingerprint density at radius 2 is 1.91 bits per heavy atom. The lowest BCUT2D eigenvalue weighted by Gasteiger charge is -2.26. The molecule has 0 N–H and O–H groups in total. The molecular formula is C18H20N4O. The van der Waals surface area contributed by atoms with E-state index in [-0.39, 0.29) is 5.56 Å². The molecule has 2 aliphatic heterocycles. The Labute approximate surface area is 135 Å². The second kappa shape index (κ2) is 5.57. The van der Waals surface area contributed by atoms with Crippen molar-refractivity contribution in [3.05, 3.63) is 52.3 Å². The molecule has 2 aliphatic rings. The van der Waals surface area contributed by atoms with Crippen molar-refractivity contribution in [1.29, 1.82) is 0 Å². The number of rotatable bonds is 1. The fourth-order valence-corrected chi connectivity index (χ4v) is 3.40. The molecule has 1 aromatic carbocycles. The third-order valence-corrected chi connectivity index (χ3v) is 4.56. The molecule has 1 aromatic heterocycles. The van der Waals surface area contributed by atoms with Crippen LogP contribution in [-0.4, -0.2) is 27.1 Å². The molecule has 0 unspecified atom stereocenters. The summed E-state index contributed by atoms with van der Waals surface area (Å²) in [5.41, 5.74) is 2.61. The molecule has 4 rings (SSSR count). The van der Waals surface area contributed by atoms with Gasteiger partial charge < -0.3 is 4.90 Å². The van der Waals surface area contributed by atoms with E-state index < -0.39 is 0 Å². The summed E-state index contributed by atoms with van der Waals surface area (Å²) in [6, 6.07) is 9.73. The molecule has 0 atom stereocenters. The Bertz CT molecular complexity index is 842. The van der Waals surface area contributed by atoms with Gasteiger partial charge >= 0.3 is 0 Å². The van der Waals surface area contributed by atoms with Crippen LogP contribution in [0.1, 0.15) is 31.2 Å². The van der Waals surface area contributed by atoms with E-state index in [4.69, 9.17) is 0 Å². The highest BCUT2D eigenvalue weighted by molar-refractivity contribution is 5.86. The molecule has 0 saturated carbocycles. The van der Waals surface area contributed by atoms with E-state index in [1.807, 2.05) is 48.4 Å². The Kier molecular flexibility index (Phi) is 3.41. The smallest absolute Gasteiger partial charge is 0.283 e. The normalized spacial score (nSPS) is 19.3. The Morgan fingerprint density at radius 3 is 2.74 bits per heavy atom. The maximum atomic E-state index is 13.1. The molecule has 2 aromatic rings. The van der Waals surface area contributed by atoms with E-state index in [2.05, 4.69) is 16.0 Å². The van der Waals surface area contributed by atoms with Crippen LogP contribution in [0.2, 0.25) is 0 Å². The zero-order valence-electron chi connectivity index (χ0n) is 13.3. The first-order valence-corrected chi connectivity index (χ1v) is 8.16. The van der Waals surface area contributed by atoms with Crippen LogP contribution < -0.4 is 5.56 Å². The zero-order valence-corrected chi connectivity index (χ0v) is 13.3. The zero-order chi connectivity index (χ0) is 15.8. The molecule has 0 spiro atoms. The molecule has 0 radical (unpaired) electrons. The summed E-state index contributed by atoms with van der Waals surface area (Å²) in [5, 5.41) is 0. The number of hydrogen-bond acceptors (Lipinski definition) is 3. The monoisotopic (exact) mass is 308 g/mol. The van der Waals surface area contributed by atoms with Crippen LogP contribution in [0.5, 0.6) is 0 Å². The quantitative estimate of drug-likeness (QED) is 0.812. The number of benzene rings is 1. The van der Waals surface area contributed by atoms with E-state index in [0.29, 0.717) is 0 Å². The minimum absolute atomic E-state index is 0.00220. The lowest BCUT2D eigenvalue weighted by Crippen LogP contribution is -2.28. The van der Waals surface area contributed by atoms with Gasteiger partial charge in [0.25, 0.3) is 5.56 Å². The van der Waals surface area contributed by atoms with E-state index >= 15 is 0 Å². The summed E-state index contributed by atoms with van der Waals surface area (Å²) in [7, 11) is 1.89. The molecule has 5 nitrogen and oxygen atoms in total. The third-order valence-electron chi connectivity index (χ3n) is 4.56. The second-order valence-corrected chi connectivity index (χ2v) is 6.05. The van der Waals surface area contributed by atoms with Crippen LogP contribution in [0, 0.1) is 0 Å². The fraction of sp³-hybridized carbons (Fsp3) is 0.333. The van der Waals surface area contributed by atoms with Gasteiger partial charge in [0.15, 0.2) is 5.82 Å². The number of allylic oxidation sites excluding steroid dienone is 1. The minimum Gasteiger partial charge on any atom is -0.332 e. The van der Waals surface area contributed by atoms with Gasteiger partial charge in [-0.2, -0.15) is 0 Å². The van der Waals surface area contributed by atoms with Crippen molar-refractivity contribution < 1.29 is 0 Å². The second-order valence-electron chi connectivity index (χ2n) is 6.05. The molecule has 118 valence electrons. The van der Waals surface area contributed by atoms with Crippen LogP contribution in [0.15, 0.2) is 46.2 Å². The molecule has 3 heterocycles. The number of nitrogens with zero attached hydrogens (tertiary/aromatic N) is 4. The van der Waals surface area contributed by atoms with E-state index in [1.165, 1.54) is 12.8 Å². The Balaban J connectivity index is 1.92. The summed E-state index contributed by atoms with van der Waals surface area (Å²) in [6.45, 7) is 0.925. The van der Waals surface area contributed by atoms with Crippen LogP contribution in [0.4, 0.5) is 5.82 Å². The van der Waals surface area contributed by atoms with Crippen molar-refractivity contribution in [2.24, 2.45) is 12.0 Å². The molecule has 23 heavy (non-hydrogen) atoms. The molecular weight excluding hydrogens is 288 g/mol. The highest BCUT2D eigenvalue weighted by atomic mass is 16.1. The molecule has 0 saturated heterocycles. The first-order valence-electron chi connectivity index (χ1n) is 8.16. The van der Waals surface area contributed by atoms with Crippen molar-refractivity contribution in [2.45, 2.75) is 25.7 Å². The summed E-state index contributed by atoms with van der Waals surface area (Å²) < 4.78 is 3.55. The standard InChI is InChI=1S/C18H20N4O/c1-20-17-16(18(23)22(20)14-9-5-4-6-10-14)15-11-7-2-3-8-12-21(15)13-19-17/h4-6,9-11,13H,2-3,7-8,12H2,1H3/b15-11+. The van der Waals surface area contributed by atoms with Crippen LogP contribution in [0.25, 0.3) is 11.4 Å². The fourth-order valence-electron chi connectivity index (χ4n) is 3.40. The minimum atomic E-state index is 0.00220.